The number of carboxylic acid groups (broad SMARTS) is 1. The minimum atomic E-state index is -0.891. The molecule has 6 nitrogen and oxygen atoms in total. The van der Waals surface area contributed by atoms with E-state index in [-0.39, 0.29) is 6.09 Å². The molecule has 0 aliphatic carbocycles. The zero-order chi connectivity index (χ0) is 18.4. The molecular weight excluding hydrogens is 320 g/mol. The number of nitrogens with zero attached hydrogens (tertiary/aromatic N) is 2. The first-order valence-electron chi connectivity index (χ1n) is 8.44. The van der Waals surface area contributed by atoms with Gasteiger partial charge in [-0.2, -0.15) is 0 Å². The van der Waals surface area contributed by atoms with Gasteiger partial charge in [0.15, 0.2) is 0 Å². The van der Waals surface area contributed by atoms with Crippen LogP contribution < -0.4 is 0 Å². The van der Waals surface area contributed by atoms with Crippen LogP contribution in [0.4, 0.5) is 4.79 Å². The number of carbonyl (C=O) groups is 2. The average molecular weight is 346 g/mol. The molecule has 1 aliphatic rings. The molecule has 136 valence electrons. The van der Waals surface area contributed by atoms with Crippen LogP contribution in [-0.4, -0.2) is 64.8 Å². The summed E-state index contributed by atoms with van der Waals surface area (Å²) in [4.78, 5) is 27.2. The predicted molar refractivity (Wildman–Crippen MR) is 96.3 cm³/mol. The molecule has 1 amide bonds. The molecule has 1 saturated heterocycles. The van der Waals surface area contributed by atoms with Gasteiger partial charge in [0, 0.05) is 26.2 Å². The minimum absolute atomic E-state index is 0.348. The summed E-state index contributed by atoms with van der Waals surface area (Å²) < 4.78 is 5.36. The Balaban J connectivity index is 1.95. The summed E-state index contributed by atoms with van der Waals surface area (Å²) in [6.45, 7) is 7.39. The SMILES string of the molecule is CC(C)(C)OC(=O)N1CCN(C(/C=C/c2ccccc2)C(=O)O)CC1. The summed E-state index contributed by atoms with van der Waals surface area (Å²) in [5, 5.41) is 9.53. The van der Waals surface area contributed by atoms with Crippen LogP contribution in [0.5, 0.6) is 0 Å². The molecule has 0 spiro atoms. The molecule has 1 unspecified atom stereocenters. The van der Waals surface area contributed by atoms with Crippen LogP contribution in [0.2, 0.25) is 0 Å². The topological polar surface area (TPSA) is 70.1 Å². The third-order valence-corrected chi connectivity index (χ3v) is 3.88. The molecule has 1 fully saturated rings. The van der Waals surface area contributed by atoms with Gasteiger partial charge >= 0.3 is 12.1 Å². The maximum absolute atomic E-state index is 12.1. The first-order chi connectivity index (χ1) is 11.8. The summed E-state index contributed by atoms with van der Waals surface area (Å²) in [7, 11) is 0. The standard InChI is InChI=1S/C19H26N2O4/c1-19(2,3)25-18(24)21-13-11-20(12-14-21)16(17(22)23)10-9-15-7-5-4-6-8-15/h4-10,16H,11-14H2,1-3H3,(H,22,23)/b10-9+. The van der Waals surface area contributed by atoms with E-state index in [0.29, 0.717) is 26.2 Å². The fourth-order valence-electron chi connectivity index (χ4n) is 2.64. The number of hydrogen-bond donors (Lipinski definition) is 1. The third-order valence-electron chi connectivity index (χ3n) is 3.88. The maximum atomic E-state index is 12.1. The van der Waals surface area contributed by atoms with Crippen molar-refractivity contribution in [2.75, 3.05) is 26.2 Å². The molecule has 1 N–H and O–H groups in total. The largest absolute Gasteiger partial charge is 0.480 e. The normalized spacial score (nSPS) is 17.5. The molecule has 2 rings (SSSR count). The zero-order valence-corrected chi connectivity index (χ0v) is 15.0. The van der Waals surface area contributed by atoms with Gasteiger partial charge in [-0.25, -0.2) is 4.79 Å². The van der Waals surface area contributed by atoms with E-state index in [9.17, 15) is 14.7 Å². The number of amides is 1. The van der Waals surface area contributed by atoms with Crippen LogP contribution in [0, 0.1) is 0 Å². The van der Waals surface area contributed by atoms with Crippen LogP contribution in [0.1, 0.15) is 26.3 Å². The molecule has 1 aromatic rings. The van der Waals surface area contributed by atoms with Crippen molar-refractivity contribution in [3.8, 4) is 0 Å². The average Bonchev–Trinajstić information content (AvgIpc) is 2.54. The van der Waals surface area contributed by atoms with E-state index in [1.807, 2.05) is 62.1 Å². The molecule has 0 aromatic heterocycles. The van der Waals surface area contributed by atoms with Crippen molar-refractivity contribution < 1.29 is 19.4 Å². The van der Waals surface area contributed by atoms with E-state index < -0.39 is 17.6 Å². The van der Waals surface area contributed by atoms with Crippen LogP contribution in [0.25, 0.3) is 6.08 Å². The van der Waals surface area contributed by atoms with Crippen molar-refractivity contribution in [2.45, 2.75) is 32.4 Å². The van der Waals surface area contributed by atoms with Crippen LogP contribution >= 0.6 is 0 Å². The molecular formula is C19H26N2O4. The molecule has 1 aromatic carbocycles. The van der Waals surface area contributed by atoms with Gasteiger partial charge < -0.3 is 14.7 Å². The Morgan fingerprint density at radius 1 is 1.12 bits per heavy atom. The highest BCUT2D eigenvalue weighted by Gasteiger charge is 2.30. The lowest BCUT2D eigenvalue weighted by Gasteiger charge is -2.37. The van der Waals surface area contributed by atoms with Gasteiger partial charge in [0.2, 0.25) is 0 Å². The molecule has 0 radical (unpaired) electrons. The summed E-state index contributed by atoms with van der Waals surface area (Å²) in [6, 6.07) is 8.89. The van der Waals surface area contributed by atoms with Crippen molar-refractivity contribution in [2.24, 2.45) is 0 Å². The van der Waals surface area contributed by atoms with Gasteiger partial charge in [0.25, 0.3) is 0 Å². The summed E-state index contributed by atoms with van der Waals surface area (Å²) in [5.74, 6) is -0.891. The van der Waals surface area contributed by atoms with Gasteiger partial charge in [-0.05, 0) is 26.3 Å². The monoisotopic (exact) mass is 346 g/mol. The summed E-state index contributed by atoms with van der Waals surface area (Å²) in [5.41, 5.74) is 0.428. The molecule has 0 saturated carbocycles. The smallest absolute Gasteiger partial charge is 0.410 e. The van der Waals surface area contributed by atoms with Gasteiger partial charge in [-0.1, -0.05) is 42.5 Å². The minimum Gasteiger partial charge on any atom is -0.480 e. The van der Waals surface area contributed by atoms with Gasteiger partial charge in [-0.3, -0.25) is 9.69 Å². The predicted octanol–water partition coefficient (Wildman–Crippen LogP) is 2.71. The van der Waals surface area contributed by atoms with Crippen LogP contribution in [-0.2, 0) is 9.53 Å². The highest BCUT2D eigenvalue weighted by Crippen LogP contribution is 2.14. The number of carboxylic acids is 1. The van der Waals surface area contributed by atoms with E-state index in [1.54, 1.807) is 11.0 Å². The van der Waals surface area contributed by atoms with Gasteiger partial charge in [-0.15, -0.1) is 0 Å². The fraction of sp³-hybridized carbons (Fsp3) is 0.474. The Bertz CT molecular complexity index is 614. The van der Waals surface area contributed by atoms with E-state index >= 15 is 0 Å². The number of carbonyl (C=O) groups excluding carboxylic acids is 1. The zero-order valence-electron chi connectivity index (χ0n) is 15.0. The highest BCUT2D eigenvalue weighted by molar-refractivity contribution is 5.77. The van der Waals surface area contributed by atoms with Crippen molar-refractivity contribution in [3.63, 3.8) is 0 Å². The Hall–Kier alpha value is -2.34. The number of rotatable bonds is 4. The van der Waals surface area contributed by atoms with Crippen molar-refractivity contribution >= 4 is 18.1 Å². The number of hydrogen-bond acceptors (Lipinski definition) is 4. The quantitative estimate of drug-likeness (QED) is 0.908. The molecule has 6 heteroatoms. The van der Waals surface area contributed by atoms with E-state index in [0.717, 1.165) is 5.56 Å². The number of aliphatic carboxylic acids is 1. The van der Waals surface area contributed by atoms with Crippen molar-refractivity contribution in [1.29, 1.82) is 0 Å². The van der Waals surface area contributed by atoms with Gasteiger partial charge in [0.1, 0.15) is 11.6 Å². The van der Waals surface area contributed by atoms with Crippen LogP contribution in [0.3, 0.4) is 0 Å². The number of piperazine rings is 1. The van der Waals surface area contributed by atoms with E-state index in [4.69, 9.17) is 4.74 Å². The Kier molecular flexibility index (Phi) is 6.20. The first-order valence-corrected chi connectivity index (χ1v) is 8.44. The van der Waals surface area contributed by atoms with E-state index in [1.165, 1.54) is 0 Å². The van der Waals surface area contributed by atoms with E-state index in [2.05, 4.69) is 0 Å². The third kappa shape index (κ3) is 5.90. The van der Waals surface area contributed by atoms with Crippen LogP contribution in [0.15, 0.2) is 36.4 Å². The Morgan fingerprint density at radius 2 is 1.72 bits per heavy atom. The second kappa shape index (κ2) is 8.16. The lowest BCUT2D eigenvalue weighted by atomic mass is 10.1. The molecule has 1 heterocycles. The van der Waals surface area contributed by atoms with Crippen molar-refractivity contribution in [3.05, 3.63) is 42.0 Å². The van der Waals surface area contributed by atoms with Gasteiger partial charge in [0.05, 0.1) is 0 Å². The lowest BCUT2D eigenvalue weighted by Crippen LogP contribution is -2.54. The second-order valence-corrected chi connectivity index (χ2v) is 7.06. The summed E-state index contributed by atoms with van der Waals surface area (Å²) >= 11 is 0. The summed E-state index contributed by atoms with van der Waals surface area (Å²) in [6.07, 6.45) is 3.17. The fourth-order valence-corrected chi connectivity index (χ4v) is 2.64. The molecule has 1 atom stereocenters. The maximum Gasteiger partial charge on any atom is 0.410 e. The highest BCUT2D eigenvalue weighted by atomic mass is 16.6. The Labute approximate surface area is 148 Å². The molecule has 25 heavy (non-hydrogen) atoms. The molecule has 1 aliphatic heterocycles. The number of benzene rings is 1. The number of ether oxygens (including phenoxy) is 1. The first kappa shape index (κ1) is 19.0. The molecule has 0 bridgehead atoms. The van der Waals surface area contributed by atoms with Crippen molar-refractivity contribution in [1.82, 2.24) is 9.80 Å². The lowest BCUT2D eigenvalue weighted by molar-refractivity contribution is -0.141. The Morgan fingerprint density at radius 3 is 2.24 bits per heavy atom. The second-order valence-electron chi connectivity index (χ2n) is 7.06.